The van der Waals surface area contributed by atoms with E-state index in [1.165, 1.54) is 6.42 Å². The largest absolute Gasteiger partial charge is 0.481 e. The van der Waals surface area contributed by atoms with Crippen LogP contribution in [0.3, 0.4) is 0 Å². The van der Waals surface area contributed by atoms with Crippen LogP contribution < -0.4 is 5.32 Å². The molecule has 0 aromatic carbocycles. The topological polar surface area (TPSA) is 47.6 Å². The summed E-state index contributed by atoms with van der Waals surface area (Å²) in [6.07, 6.45) is 3.77. The zero-order valence-corrected chi connectivity index (χ0v) is 18.0. The maximum Gasteiger partial charge on any atom is 0.481 e. The molecular formula is C21H32BNO3S. The van der Waals surface area contributed by atoms with E-state index in [0.717, 1.165) is 23.6 Å². The van der Waals surface area contributed by atoms with Crippen molar-refractivity contribution in [1.82, 2.24) is 5.32 Å². The summed E-state index contributed by atoms with van der Waals surface area (Å²) in [7, 11) is -0.343. The molecule has 3 aliphatic carbocycles. The Bertz CT molecular complexity index is 692. The fourth-order valence-electron chi connectivity index (χ4n) is 5.65. The summed E-state index contributed by atoms with van der Waals surface area (Å²) in [5, 5.41) is 5.23. The number of rotatable bonds is 6. The lowest BCUT2D eigenvalue weighted by molar-refractivity contribution is -0.199. The van der Waals surface area contributed by atoms with E-state index >= 15 is 0 Å². The number of carbonyl (C=O) groups excluding carboxylic acids is 1. The van der Waals surface area contributed by atoms with Crippen molar-refractivity contribution in [3.05, 3.63) is 22.4 Å². The average Bonchev–Trinajstić information content (AvgIpc) is 3.19. The number of carbonyl (C=O) groups is 1. The van der Waals surface area contributed by atoms with Crippen LogP contribution in [-0.2, 0) is 20.5 Å². The van der Waals surface area contributed by atoms with E-state index in [-0.39, 0.29) is 30.7 Å². The third-order valence-corrected chi connectivity index (χ3v) is 8.16. The third kappa shape index (κ3) is 3.38. The molecule has 1 aromatic heterocycles. The van der Waals surface area contributed by atoms with E-state index in [9.17, 15) is 4.79 Å². The Labute approximate surface area is 167 Å². The molecule has 1 saturated heterocycles. The van der Waals surface area contributed by atoms with Crippen LogP contribution in [0, 0.1) is 23.2 Å². The fraction of sp³-hybridized carbons (Fsp3) is 0.762. The van der Waals surface area contributed by atoms with Crippen molar-refractivity contribution in [1.29, 1.82) is 0 Å². The molecule has 4 aliphatic rings. The van der Waals surface area contributed by atoms with Gasteiger partial charge in [0.05, 0.1) is 24.1 Å². The van der Waals surface area contributed by atoms with E-state index in [0.29, 0.717) is 23.7 Å². The minimum absolute atomic E-state index is 0.0555. The molecule has 6 heteroatoms. The van der Waals surface area contributed by atoms with Crippen molar-refractivity contribution in [3.8, 4) is 0 Å². The Morgan fingerprint density at radius 2 is 2.15 bits per heavy atom. The molecule has 1 amide bonds. The first-order chi connectivity index (χ1) is 12.7. The number of amides is 1. The smallest absolute Gasteiger partial charge is 0.404 e. The Morgan fingerprint density at radius 1 is 1.37 bits per heavy atom. The highest BCUT2D eigenvalue weighted by Gasteiger charge is 2.68. The minimum Gasteiger partial charge on any atom is -0.404 e. The highest BCUT2D eigenvalue weighted by atomic mass is 32.1. The van der Waals surface area contributed by atoms with E-state index in [1.54, 1.807) is 11.3 Å². The van der Waals surface area contributed by atoms with Gasteiger partial charge in [-0.05, 0) is 60.8 Å². The van der Waals surface area contributed by atoms with Crippen LogP contribution in [0.25, 0.3) is 0 Å². The highest BCUT2D eigenvalue weighted by molar-refractivity contribution is 7.10. The van der Waals surface area contributed by atoms with Gasteiger partial charge in [0.1, 0.15) is 0 Å². The van der Waals surface area contributed by atoms with Gasteiger partial charge in [0.2, 0.25) is 5.91 Å². The quantitative estimate of drug-likeness (QED) is 0.746. The number of hydrogen-bond acceptors (Lipinski definition) is 4. The van der Waals surface area contributed by atoms with Crippen LogP contribution >= 0.6 is 11.3 Å². The normalized spacial score (nSPS) is 34.9. The number of thiophene rings is 1. The first kappa shape index (κ1) is 19.5. The molecular weight excluding hydrogens is 357 g/mol. The summed E-state index contributed by atoms with van der Waals surface area (Å²) >= 11 is 1.62. The van der Waals surface area contributed by atoms with Gasteiger partial charge in [-0.2, -0.15) is 0 Å². The van der Waals surface area contributed by atoms with Crippen molar-refractivity contribution in [3.63, 3.8) is 0 Å². The van der Waals surface area contributed by atoms with Gasteiger partial charge in [0.15, 0.2) is 0 Å². The monoisotopic (exact) mass is 389 g/mol. The molecule has 1 aromatic rings. The maximum absolute atomic E-state index is 12.6. The van der Waals surface area contributed by atoms with Gasteiger partial charge in [0.25, 0.3) is 0 Å². The zero-order chi connectivity index (χ0) is 19.4. The molecule has 2 heterocycles. The molecule has 4 fully saturated rings. The lowest BCUT2D eigenvalue weighted by Crippen LogP contribution is -2.65. The van der Waals surface area contributed by atoms with Gasteiger partial charge in [-0.25, -0.2) is 0 Å². The molecule has 2 bridgehead atoms. The summed E-state index contributed by atoms with van der Waals surface area (Å²) in [5.41, 5.74) is 0.107. The Kier molecular flexibility index (Phi) is 4.97. The van der Waals surface area contributed by atoms with Crippen LogP contribution in [0.4, 0.5) is 0 Å². The lowest BCUT2D eigenvalue weighted by Gasteiger charge is -2.64. The van der Waals surface area contributed by atoms with Gasteiger partial charge in [-0.15, -0.1) is 11.3 Å². The van der Waals surface area contributed by atoms with Crippen molar-refractivity contribution < 1.29 is 14.1 Å². The molecule has 3 saturated carbocycles. The molecule has 5 rings (SSSR count). The van der Waals surface area contributed by atoms with Gasteiger partial charge in [-0.3, -0.25) is 4.79 Å². The molecule has 0 spiro atoms. The molecule has 4 nitrogen and oxygen atoms in total. The lowest BCUT2D eigenvalue weighted by atomic mass is 9.43. The Balaban J connectivity index is 1.46. The minimum atomic E-state index is -0.343. The van der Waals surface area contributed by atoms with Gasteiger partial charge < -0.3 is 14.6 Å². The Hall–Kier alpha value is -0.845. The van der Waals surface area contributed by atoms with Crippen LogP contribution in [0.1, 0.15) is 58.8 Å². The molecule has 1 N–H and O–H groups in total. The predicted octanol–water partition coefficient (Wildman–Crippen LogP) is 4.09. The van der Waals surface area contributed by atoms with Crippen molar-refractivity contribution in [2.75, 3.05) is 0 Å². The molecule has 1 aliphatic heterocycles. The van der Waals surface area contributed by atoms with E-state index in [1.807, 2.05) is 17.5 Å². The van der Waals surface area contributed by atoms with Gasteiger partial charge >= 0.3 is 7.12 Å². The van der Waals surface area contributed by atoms with Crippen molar-refractivity contribution >= 4 is 24.4 Å². The first-order valence-electron chi connectivity index (χ1n) is 10.3. The SMILES string of the molecule is CC(C)C[C@@H](NC(=O)Cc1cccs1)B1O[C@@H]2C[C@@H]3C[C@@H](C3(C)C)[C@]2(C)O1. The van der Waals surface area contributed by atoms with E-state index < -0.39 is 0 Å². The standard InChI is InChI=1S/C21H32BNO3S/c1-13(2)9-18(23-19(24)12-15-7-6-8-27-15)22-25-17-11-14-10-16(20(14,3)4)21(17,5)26-22/h6-8,13-14,16-18H,9-12H2,1-5H3,(H,23,24)/t14-,16-,17+,18+,21-/m0/s1. The number of hydrogen-bond donors (Lipinski definition) is 1. The second kappa shape index (κ2) is 6.89. The summed E-state index contributed by atoms with van der Waals surface area (Å²) in [6.45, 7) is 11.3. The molecule has 27 heavy (non-hydrogen) atoms. The van der Waals surface area contributed by atoms with Crippen LogP contribution in [0.2, 0.25) is 0 Å². The summed E-state index contributed by atoms with van der Waals surface area (Å²) in [5.74, 6) is 1.70. The van der Waals surface area contributed by atoms with Crippen LogP contribution in [-0.4, -0.2) is 30.7 Å². The first-order valence-corrected chi connectivity index (χ1v) is 11.2. The van der Waals surface area contributed by atoms with Gasteiger partial charge in [-0.1, -0.05) is 33.8 Å². The van der Waals surface area contributed by atoms with E-state index in [2.05, 4.69) is 39.9 Å². The van der Waals surface area contributed by atoms with Crippen LogP contribution in [0.15, 0.2) is 17.5 Å². The molecule has 148 valence electrons. The average molecular weight is 389 g/mol. The predicted molar refractivity (Wildman–Crippen MR) is 110 cm³/mol. The fourth-order valence-corrected chi connectivity index (χ4v) is 6.35. The van der Waals surface area contributed by atoms with Gasteiger partial charge in [0, 0.05) is 4.88 Å². The second-order valence-corrected chi connectivity index (χ2v) is 10.9. The second-order valence-electron chi connectivity index (χ2n) is 9.90. The molecule has 0 radical (unpaired) electrons. The highest BCUT2D eigenvalue weighted by Crippen LogP contribution is 2.65. The summed E-state index contributed by atoms with van der Waals surface area (Å²) < 4.78 is 13.0. The van der Waals surface area contributed by atoms with E-state index in [4.69, 9.17) is 9.31 Å². The van der Waals surface area contributed by atoms with Crippen LogP contribution in [0.5, 0.6) is 0 Å². The summed E-state index contributed by atoms with van der Waals surface area (Å²) in [4.78, 5) is 13.7. The molecule has 0 unspecified atom stereocenters. The van der Waals surface area contributed by atoms with Crippen molar-refractivity contribution in [2.24, 2.45) is 23.2 Å². The zero-order valence-electron chi connectivity index (χ0n) is 17.2. The Morgan fingerprint density at radius 3 is 2.78 bits per heavy atom. The number of nitrogens with one attached hydrogen (secondary N) is 1. The van der Waals surface area contributed by atoms with Crippen molar-refractivity contribution in [2.45, 2.75) is 77.9 Å². The summed E-state index contributed by atoms with van der Waals surface area (Å²) in [6, 6.07) is 4.00. The molecule has 5 atom stereocenters. The third-order valence-electron chi connectivity index (χ3n) is 7.28. The maximum atomic E-state index is 12.6.